The summed E-state index contributed by atoms with van der Waals surface area (Å²) in [7, 11) is 0. The molecule has 0 spiro atoms. The minimum Gasteiger partial charge on any atom is -0.506 e. The van der Waals surface area contributed by atoms with Crippen LogP contribution in [-0.2, 0) is 5.75 Å². The van der Waals surface area contributed by atoms with E-state index in [1.165, 1.54) is 37.0 Å². The van der Waals surface area contributed by atoms with Crippen LogP contribution in [0.4, 0.5) is 5.69 Å². The van der Waals surface area contributed by atoms with Crippen molar-refractivity contribution >= 4 is 17.4 Å². The Morgan fingerprint density at radius 1 is 1.31 bits per heavy atom. The maximum atomic E-state index is 9.31. The van der Waals surface area contributed by atoms with Crippen LogP contribution in [0.25, 0.3) is 0 Å². The van der Waals surface area contributed by atoms with Gasteiger partial charge in [0.05, 0.1) is 5.69 Å². The molecule has 3 heteroatoms. The van der Waals surface area contributed by atoms with Gasteiger partial charge in [0, 0.05) is 5.75 Å². The predicted octanol–water partition coefficient (Wildman–Crippen LogP) is 3.40. The highest BCUT2D eigenvalue weighted by Gasteiger charge is 2.14. The van der Waals surface area contributed by atoms with Crippen LogP contribution in [0.3, 0.4) is 0 Å². The first-order valence-electron chi connectivity index (χ1n) is 5.91. The second kappa shape index (κ2) is 5.48. The Morgan fingerprint density at radius 2 is 2.06 bits per heavy atom. The largest absolute Gasteiger partial charge is 0.506 e. The fourth-order valence-electron chi connectivity index (χ4n) is 2.21. The maximum Gasteiger partial charge on any atom is 0.138 e. The maximum absolute atomic E-state index is 9.31. The van der Waals surface area contributed by atoms with Crippen molar-refractivity contribution in [2.75, 3.05) is 11.5 Å². The van der Waals surface area contributed by atoms with Gasteiger partial charge in [0.15, 0.2) is 0 Å². The number of anilines is 1. The molecule has 0 saturated heterocycles. The van der Waals surface area contributed by atoms with Crippen LogP contribution in [0.5, 0.6) is 5.75 Å². The van der Waals surface area contributed by atoms with Crippen LogP contribution in [0.15, 0.2) is 18.2 Å². The molecular formula is C13H19NOS. The standard InChI is InChI=1S/C13H19NOS/c14-12-7-11(5-6-13(12)15)9-16-8-10-3-1-2-4-10/h5-7,10,15H,1-4,8-9,14H2. The van der Waals surface area contributed by atoms with Gasteiger partial charge in [-0.15, -0.1) is 0 Å². The van der Waals surface area contributed by atoms with Crippen LogP contribution >= 0.6 is 11.8 Å². The van der Waals surface area contributed by atoms with Crippen LogP contribution < -0.4 is 5.73 Å². The molecule has 1 aliphatic rings. The van der Waals surface area contributed by atoms with Crippen molar-refractivity contribution in [3.8, 4) is 5.75 Å². The molecule has 1 aromatic carbocycles. The fraction of sp³-hybridized carbons (Fsp3) is 0.538. The molecule has 0 heterocycles. The molecule has 88 valence electrons. The number of nitrogen functional groups attached to an aromatic ring is 1. The van der Waals surface area contributed by atoms with Crippen molar-refractivity contribution in [3.63, 3.8) is 0 Å². The van der Waals surface area contributed by atoms with Gasteiger partial charge < -0.3 is 10.8 Å². The normalized spacial score (nSPS) is 16.8. The van der Waals surface area contributed by atoms with E-state index in [4.69, 9.17) is 5.73 Å². The van der Waals surface area contributed by atoms with Gasteiger partial charge in [-0.2, -0.15) is 11.8 Å². The third kappa shape index (κ3) is 3.08. The topological polar surface area (TPSA) is 46.2 Å². The number of hydrogen-bond acceptors (Lipinski definition) is 3. The number of thioether (sulfide) groups is 1. The Labute approximate surface area is 101 Å². The zero-order valence-corrected chi connectivity index (χ0v) is 10.3. The summed E-state index contributed by atoms with van der Waals surface area (Å²) in [5.74, 6) is 3.38. The third-order valence-corrected chi connectivity index (χ3v) is 4.43. The molecule has 0 aliphatic heterocycles. The second-order valence-corrected chi connectivity index (χ2v) is 5.59. The Kier molecular flexibility index (Phi) is 3.99. The molecule has 0 bridgehead atoms. The second-order valence-electron chi connectivity index (χ2n) is 4.56. The average Bonchev–Trinajstić information content (AvgIpc) is 2.76. The summed E-state index contributed by atoms with van der Waals surface area (Å²) < 4.78 is 0. The van der Waals surface area contributed by atoms with E-state index in [2.05, 4.69) is 0 Å². The summed E-state index contributed by atoms with van der Waals surface area (Å²) in [5, 5.41) is 9.31. The quantitative estimate of drug-likeness (QED) is 0.623. The number of nitrogens with two attached hydrogens (primary N) is 1. The van der Waals surface area contributed by atoms with Crippen LogP contribution in [-0.4, -0.2) is 10.9 Å². The van der Waals surface area contributed by atoms with Crippen LogP contribution in [0.1, 0.15) is 31.2 Å². The van der Waals surface area contributed by atoms with Crippen LogP contribution in [0, 0.1) is 5.92 Å². The van der Waals surface area contributed by atoms with E-state index in [0.29, 0.717) is 5.69 Å². The first-order valence-corrected chi connectivity index (χ1v) is 7.06. The van der Waals surface area contributed by atoms with Crippen LogP contribution in [0.2, 0.25) is 0 Å². The van der Waals surface area contributed by atoms with Gasteiger partial charge in [0.2, 0.25) is 0 Å². The predicted molar refractivity (Wildman–Crippen MR) is 70.6 cm³/mol. The highest BCUT2D eigenvalue weighted by Crippen LogP contribution is 2.30. The summed E-state index contributed by atoms with van der Waals surface area (Å²) in [5.41, 5.74) is 7.35. The van der Waals surface area contributed by atoms with Gasteiger partial charge in [0.1, 0.15) is 5.75 Å². The molecule has 1 saturated carbocycles. The first-order chi connectivity index (χ1) is 7.75. The molecular weight excluding hydrogens is 218 g/mol. The zero-order chi connectivity index (χ0) is 11.4. The van der Waals surface area contributed by atoms with E-state index in [-0.39, 0.29) is 5.75 Å². The van der Waals surface area contributed by atoms with Gasteiger partial charge in [0.25, 0.3) is 0 Å². The third-order valence-electron chi connectivity index (χ3n) is 3.19. The first kappa shape index (κ1) is 11.6. The van der Waals surface area contributed by atoms with Gasteiger partial charge >= 0.3 is 0 Å². The molecule has 2 nitrogen and oxygen atoms in total. The molecule has 3 N–H and O–H groups in total. The van der Waals surface area contributed by atoms with E-state index in [1.54, 1.807) is 6.07 Å². The van der Waals surface area contributed by atoms with Crippen molar-refractivity contribution < 1.29 is 5.11 Å². The molecule has 0 aromatic heterocycles. The summed E-state index contributed by atoms with van der Waals surface area (Å²) in [6, 6.07) is 5.51. The molecule has 0 radical (unpaired) electrons. The van der Waals surface area contributed by atoms with Crippen molar-refractivity contribution in [2.24, 2.45) is 5.92 Å². The Hall–Kier alpha value is -0.830. The molecule has 1 aliphatic carbocycles. The lowest BCUT2D eigenvalue weighted by Gasteiger charge is -2.08. The van der Waals surface area contributed by atoms with E-state index in [1.807, 2.05) is 23.9 Å². The fourth-order valence-corrected chi connectivity index (χ4v) is 3.41. The van der Waals surface area contributed by atoms with E-state index in [0.717, 1.165) is 11.7 Å². The minimum atomic E-state index is 0.185. The van der Waals surface area contributed by atoms with E-state index in [9.17, 15) is 5.11 Å². The Balaban J connectivity index is 1.78. The van der Waals surface area contributed by atoms with Crippen molar-refractivity contribution in [3.05, 3.63) is 23.8 Å². The molecule has 16 heavy (non-hydrogen) atoms. The number of phenolic OH excluding ortho intramolecular Hbond substituents is 1. The van der Waals surface area contributed by atoms with Gasteiger partial charge in [-0.05, 0) is 42.2 Å². The molecule has 0 unspecified atom stereocenters. The van der Waals surface area contributed by atoms with Crippen molar-refractivity contribution in [1.29, 1.82) is 0 Å². The molecule has 0 atom stereocenters. The van der Waals surface area contributed by atoms with Crippen molar-refractivity contribution in [2.45, 2.75) is 31.4 Å². The van der Waals surface area contributed by atoms with Gasteiger partial charge in [-0.25, -0.2) is 0 Å². The summed E-state index contributed by atoms with van der Waals surface area (Å²) >= 11 is 1.98. The molecule has 1 aromatic rings. The Morgan fingerprint density at radius 3 is 2.75 bits per heavy atom. The van der Waals surface area contributed by atoms with E-state index >= 15 is 0 Å². The lowest BCUT2D eigenvalue weighted by Crippen LogP contribution is -1.97. The molecule has 1 fully saturated rings. The van der Waals surface area contributed by atoms with Gasteiger partial charge in [-0.1, -0.05) is 18.9 Å². The van der Waals surface area contributed by atoms with E-state index < -0.39 is 0 Å². The lowest BCUT2D eigenvalue weighted by atomic mass is 10.1. The average molecular weight is 237 g/mol. The highest BCUT2D eigenvalue weighted by molar-refractivity contribution is 7.98. The Bertz CT molecular complexity index is 348. The number of benzene rings is 1. The number of rotatable bonds is 4. The summed E-state index contributed by atoms with van der Waals surface area (Å²) in [6.45, 7) is 0. The summed E-state index contributed by atoms with van der Waals surface area (Å²) in [4.78, 5) is 0. The monoisotopic (exact) mass is 237 g/mol. The minimum absolute atomic E-state index is 0.185. The highest BCUT2D eigenvalue weighted by atomic mass is 32.2. The smallest absolute Gasteiger partial charge is 0.138 e. The molecule has 2 rings (SSSR count). The number of aromatic hydroxyl groups is 1. The molecule has 0 amide bonds. The van der Waals surface area contributed by atoms with Gasteiger partial charge in [-0.3, -0.25) is 0 Å². The SMILES string of the molecule is Nc1cc(CSCC2CCCC2)ccc1O. The van der Waals surface area contributed by atoms with Crippen molar-refractivity contribution in [1.82, 2.24) is 0 Å². The summed E-state index contributed by atoms with van der Waals surface area (Å²) in [6.07, 6.45) is 5.64. The lowest BCUT2D eigenvalue weighted by molar-refractivity contribution is 0.478. The zero-order valence-electron chi connectivity index (χ0n) is 9.48. The number of phenols is 1. The number of hydrogen-bond donors (Lipinski definition) is 2.